The minimum absolute atomic E-state index is 0.0486. The maximum Gasteiger partial charge on any atom is 0.331 e. The van der Waals surface area contributed by atoms with Crippen molar-refractivity contribution >= 4 is 5.97 Å². The van der Waals surface area contributed by atoms with E-state index in [0.29, 0.717) is 0 Å². The smallest absolute Gasteiger partial charge is 0.331 e. The maximum atomic E-state index is 11.3. The third-order valence-electron chi connectivity index (χ3n) is 0.721. The lowest BCUT2D eigenvalue weighted by molar-refractivity contribution is -0.132. The summed E-state index contributed by atoms with van der Waals surface area (Å²) in [6.07, 6.45) is 1.02. The summed E-state index contributed by atoms with van der Waals surface area (Å²) in [6, 6.07) is 0. The van der Waals surface area contributed by atoms with Gasteiger partial charge in [0.15, 0.2) is 0 Å². The summed E-state index contributed by atoms with van der Waals surface area (Å²) in [5.74, 6) is -1.07. The Labute approximate surface area is 46.6 Å². The molecule has 0 aromatic heterocycles. The number of halogens is 1. The zero-order valence-electron chi connectivity index (χ0n) is 4.52. The summed E-state index contributed by atoms with van der Waals surface area (Å²) in [6.45, 7) is 0.639. The molecule has 46 valence electrons. The van der Waals surface area contributed by atoms with E-state index in [4.69, 9.17) is 5.11 Å². The van der Waals surface area contributed by atoms with Crippen LogP contribution in [-0.2, 0) is 4.79 Å². The lowest BCUT2D eigenvalue weighted by Crippen LogP contribution is -1.95. The fourth-order valence-electron chi connectivity index (χ4n) is 0.203. The highest BCUT2D eigenvalue weighted by Gasteiger charge is 1.95. The van der Waals surface area contributed by atoms with Crippen LogP contribution >= 0.6 is 0 Å². The molecule has 0 atom stereocenters. The van der Waals surface area contributed by atoms with Gasteiger partial charge >= 0.3 is 5.97 Å². The standard InChI is InChI=1S/C5H7FO2/c1-4(2-3-6)5(7)8/h2H,3H2,1H3,(H,7,8)/b4-2+. The van der Waals surface area contributed by atoms with Gasteiger partial charge in [0.2, 0.25) is 0 Å². The van der Waals surface area contributed by atoms with Gasteiger partial charge in [-0.05, 0) is 13.0 Å². The normalized spacial score (nSPS) is 11.5. The number of alkyl halides is 1. The van der Waals surface area contributed by atoms with Crippen molar-refractivity contribution in [2.75, 3.05) is 6.67 Å². The average molecular weight is 118 g/mol. The Morgan fingerprint density at radius 3 is 2.50 bits per heavy atom. The van der Waals surface area contributed by atoms with Crippen molar-refractivity contribution in [3.63, 3.8) is 0 Å². The second kappa shape index (κ2) is 3.18. The molecule has 0 unspecified atom stereocenters. The predicted molar refractivity (Wildman–Crippen MR) is 27.4 cm³/mol. The summed E-state index contributed by atoms with van der Waals surface area (Å²) in [7, 11) is 0. The van der Waals surface area contributed by atoms with E-state index in [1.807, 2.05) is 0 Å². The van der Waals surface area contributed by atoms with Crippen LogP contribution in [0.25, 0.3) is 0 Å². The molecule has 0 aliphatic carbocycles. The van der Waals surface area contributed by atoms with Gasteiger partial charge in [-0.15, -0.1) is 0 Å². The zero-order chi connectivity index (χ0) is 6.57. The Morgan fingerprint density at radius 2 is 2.38 bits per heavy atom. The van der Waals surface area contributed by atoms with Crippen LogP contribution < -0.4 is 0 Å². The summed E-state index contributed by atoms with van der Waals surface area (Å²) in [4.78, 5) is 9.85. The van der Waals surface area contributed by atoms with Crippen molar-refractivity contribution in [2.45, 2.75) is 6.92 Å². The molecule has 0 aliphatic heterocycles. The quantitative estimate of drug-likeness (QED) is 0.549. The fourth-order valence-corrected chi connectivity index (χ4v) is 0.203. The van der Waals surface area contributed by atoms with Crippen molar-refractivity contribution in [1.82, 2.24) is 0 Å². The Morgan fingerprint density at radius 1 is 1.88 bits per heavy atom. The molecule has 0 radical (unpaired) electrons. The predicted octanol–water partition coefficient (Wildman–Crippen LogP) is 0.987. The Balaban J connectivity index is 3.80. The van der Waals surface area contributed by atoms with Crippen LogP contribution in [0.5, 0.6) is 0 Å². The van der Waals surface area contributed by atoms with Crippen molar-refractivity contribution in [3.05, 3.63) is 11.6 Å². The minimum atomic E-state index is -1.07. The van der Waals surface area contributed by atoms with Crippen LogP contribution in [0.3, 0.4) is 0 Å². The molecule has 0 amide bonds. The van der Waals surface area contributed by atoms with Crippen molar-refractivity contribution in [1.29, 1.82) is 0 Å². The lowest BCUT2D eigenvalue weighted by Gasteiger charge is -1.85. The molecule has 0 aliphatic rings. The van der Waals surface area contributed by atoms with Gasteiger partial charge in [0.1, 0.15) is 6.67 Å². The molecule has 0 spiro atoms. The third-order valence-corrected chi connectivity index (χ3v) is 0.721. The van der Waals surface area contributed by atoms with E-state index in [1.165, 1.54) is 6.92 Å². The van der Waals surface area contributed by atoms with Crippen LogP contribution in [0.4, 0.5) is 4.39 Å². The molecule has 2 nitrogen and oxygen atoms in total. The highest BCUT2D eigenvalue weighted by atomic mass is 19.1. The van der Waals surface area contributed by atoms with Crippen molar-refractivity contribution in [2.24, 2.45) is 0 Å². The Kier molecular flexibility index (Phi) is 2.84. The van der Waals surface area contributed by atoms with E-state index in [-0.39, 0.29) is 5.57 Å². The second-order valence-electron chi connectivity index (χ2n) is 1.35. The molecule has 0 saturated heterocycles. The summed E-state index contributed by atoms with van der Waals surface area (Å²) in [5, 5.41) is 8.08. The summed E-state index contributed by atoms with van der Waals surface area (Å²) >= 11 is 0. The van der Waals surface area contributed by atoms with Gasteiger partial charge in [-0.1, -0.05) is 0 Å². The molecule has 8 heavy (non-hydrogen) atoms. The van der Waals surface area contributed by atoms with Crippen molar-refractivity contribution < 1.29 is 14.3 Å². The molecule has 0 aromatic carbocycles. The molecule has 0 bridgehead atoms. The fraction of sp³-hybridized carbons (Fsp3) is 0.400. The molecule has 0 heterocycles. The number of carboxylic acids is 1. The Bertz CT molecular complexity index is 118. The zero-order valence-corrected chi connectivity index (χ0v) is 4.52. The van der Waals surface area contributed by atoms with Crippen molar-refractivity contribution in [3.8, 4) is 0 Å². The number of hydrogen-bond donors (Lipinski definition) is 1. The SMILES string of the molecule is C/C(=C\CF)C(=O)O. The monoisotopic (exact) mass is 118 g/mol. The molecular weight excluding hydrogens is 111 g/mol. The van der Waals surface area contributed by atoms with E-state index in [9.17, 15) is 9.18 Å². The molecule has 3 heteroatoms. The topological polar surface area (TPSA) is 37.3 Å². The van der Waals surface area contributed by atoms with Gasteiger partial charge in [-0.3, -0.25) is 0 Å². The third kappa shape index (κ3) is 2.34. The average Bonchev–Trinajstić information content (AvgIpc) is 1.67. The van der Waals surface area contributed by atoms with E-state index in [2.05, 4.69) is 0 Å². The van der Waals surface area contributed by atoms with E-state index in [0.717, 1.165) is 6.08 Å². The highest BCUT2D eigenvalue weighted by Crippen LogP contribution is 1.90. The number of carbonyl (C=O) groups is 1. The lowest BCUT2D eigenvalue weighted by atomic mass is 10.3. The van der Waals surface area contributed by atoms with Gasteiger partial charge in [0.25, 0.3) is 0 Å². The van der Waals surface area contributed by atoms with Crippen LogP contribution in [0.1, 0.15) is 6.92 Å². The largest absolute Gasteiger partial charge is 0.478 e. The number of hydrogen-bond acceptors (Lipinski definition) is 1. The van der Waals surface area contributed by atoms with Gasteiger partial charge in [-0.25, -0.2) is 9.18 Å². The Hall–Kier alpha value is -0.860. The van der Waals surface area contributed by atoms with Crippen LogP contribution in [0.15, 0.2) is 11.6 Å². The van der Waals surface area contributed by atoms with Crippen LogP contribution in [0, 0.1) is 0 Å². The van der Waals surface area contributed by atoms with Crippen LogP contribution in [-0.4, -0.2) is 17.8 Å². The van der Waals surface area contributed by atoms with Gasteiger partial charge < -0.3 is 5.11 Å². The molecular formula is C5H7FO2. The van der Waals surface area contributed by atoms with E-state index < -0.39 is 12.6 Å². The number of aliphatic carboxylic acids is 1. The highest BCUT2D eigenvalue weighted by molar-refractivity contribution is 5.85. The molecule has 0 fully saturated rings. The first-order chi connectivity index (χ1) is 3.68. The molecule has 0 saturated carbocycles. The molecule has 1 N–H and O–H groups in total. The van der Waals surface area contributed by atoms with Gasteiger partial charge in [-0.2, -0.15) is 0 Å². The first-order valence-corrected chi connectivity index (χ1v) is 2.14. The first-order valence-electron chi connectivity index (χ1n) is 2.14. The van der Waals surface area contributed by atoms with Gasteiger partial charge in [0, 0.05) is 5.57 Å². The first kappa shape index (κ1) is 7.14. The van der Waals surface area contributed by atoms with Crippen LogP contribution in [0.2, 0.25) is 0 Å². The van der Waals surface area contributed by atoms with Gasteiger partial charge in [0.05, 0.1) is 0 Å². The number of allylic oxidation sites excluding steroid dienone is 1. The molecule has 0 rings (SSSR count). The number of rotatable bonds is 2. The van der Waals surface area contributed by atoms with E-state index in [1.54, 1.807) is 0 Å². The minimum Gasteiger partial charge on any atom is -0.478 e. The summed E-state index contributed by atoms with van der Waals surface area (Å²) in [5.41, 5.74) is 0.0486. The molecule has 0 aromatic rings. The summed E-state index contributed by atoms with van der Waals surface area (Å²) < 4.78 is 11.3. The van der Waals surface area contributed by atoms with E-state index >= 15 is 0 Å². The number of carboxylic acid groups (broad SMARTS) is 1. The second-order valence-corrected chi connectivity index (χ2v) is 1.35. The maximum absolute atomic E-state index is 11.3.